The van der Waals surface area contributed by atoms with Gasteiger partial charge in [0.05, 0.1) is 19.2 Å². The topological polar surface area (TPSA) is 63.6 Å². The summed E-state index contributed by atoms with van der Waals surface area (Å²) in [4.78, 5) is 29.5. The van der Waals surface area contributed by atoms with E-state index in [1.807, 2.05) is 40.7 Å². The molecule has 0 radical (unpaired) electrons. The van der Waals surface area contributed by atoms with Crippen LogP contribution in [0.1, 0.15) is 75.2 Å². The number of hydrogen-bond donors (Lipinski definition) is 1. The van der Waals surface area contributed by atoms with Gasteiger partial charge in [-0.3, -0.25) is 9.59 Å². The molecule has 3 aliphatic rings. The van der Waals surface area contributed by atoms with E-state index in [1.54, 1.807) is 7.11 Å². The molecule has 31 heavy (non-hydrogen) atoms. The van der Waals surface area contributed by atoms with Crippen LogP contribution in [0.15, 0.2) is 24.3 Å². The Kier molecular flexibility index (Phi) is 5.19. The fourth-order valence-corrected chi connectivity index (χ4v) is 5.94. The first-order valence-electron chi connectivity index (χ1n) is 11.8. The highest BCUT2D eigenvalue weighted by Crippen LogP contribution is 2.38. The Bertz CT molecular complexity index is 1000. The Balaban J connectivity index is 1.56. The minimum atomic E-state index is -0.897. The quantitative estimate of drug-likeness (QED) is 0.799. The molecule has 2 amide bonds. The summed E-state index contributed by atoms with van der Waals surface area (Å²) in [5, 5.41) is 4.33. The van der Waals surface area contributed by atoms with Crippen LogP contribution in [-0.2, 0) is 11.3 Å². The minimum absolute atomic E-state index is 0.00459. The van der Waals surface area contributed by atoms with Crippen LogP contribution in [0.4, 0.5) is 0 Å². The van der Waals surface area contributed by atoms with Crippen molar-refractivity contribution in [1.82, 2.24) is 14.8 Å². The summed E-state index contributed by atoms with van der Waals surface area (Å²) in [6.45, 7) is 2.44. The third-order valence-corrected chi connectivity index (χ3v) is 7.67. The summed E-state index contributed by atoms with van der Waals surface area (Å²) >= 11 is 0. The van der Waals surface area contributed by atoms with Crippen LogP contribution in [0.3, 0.4) is 0 Å². The van der Waals surface area contributed by atoms with Crippen molar-refractivity contribution in [2.24, 2.45) is 0 Å². The summed E-state index contributed by atoms with van der Waals surface area (Å²) in [5.74, 6) is 0.733. The second-order valence-corrected chi connectivity index (χ2v) is 9.74. The molecule has 1 aliphatic heterocycles. The molecule has 2 aromatic rings. The van der Waals surface area contributed by atoms with E-state index >= 15 is 0 Å². The molecule has 0 saturated heterocycles. The van der Waals surface area contributed by atoms with Crippen LogP contribution in [0.25, 0.3) is 10.9 Å². The number of rotatable bonds is 4. The molecular weight excluding hydrogens is 390 g/mol. The zero-order chi connectivity index (χ0) is 21.6. The zero-order valence-corrected chi connectivity index (χ0v) is 18.7. The first-order valence-corrected chi connectivity index (χ1v) is 11.8. The predicted molar refractivity (Wildman–Crippen MR) is 120 cm³/mol. The monoisotopic (exact) mass is 423 g/mol. The van der Waals surface area contributed by atoms with Crippen LogP contribution < -0.4 is 10.1 Å². The van der Waals surface area contributed by atoms with Gasteiger partial charge in [0.1, 0.15) is 17.0 Å². The van der Waals surface area contributed by atoms with Crippen LogP contribution in [0, 0.1) is 0 Å². The van der Waals surface area contributed by atoms with Crippen molar-refractivity contribution in [3.63, 3.8) is 0 Å². The number of amides is 2. The highest BCUT2D eigenvalue weighted by molar-refractivity contribution is 6.04. The van der Waals surface area contributed by atoms with Gasteiger partial charge in [-0.1, -0.05) is 32.1 Å². The fraction of sp³-hybridized carbons (Fsp3) is 0.600. The van der Waals surface area contributed by atoms with Crippen molar-refractivity contribution in [2.75, 3.05) is 7.11 Å². The molecule has 1 atom stereocenters. The van der Waals surface area contributed by atoms with Gasteiger partial charge < -0.3 is 19.5 Å². The molecule has 2 fully saturated rings. The molecule has 2 heterocycles. The van der Waals surface area contributed by atoms with Crippen molar-refractivity contribution >= 4 is 22.7 Å². The number of carbonyl (C=O) groups excluding carboxylic acids is 2. The second kappa shape index (κ2) is 7.88. The average molecular weight is 424 g/mol. The van der Waals surface area contributed by atoms with Crippen molar-refractivity contribution in [3.05, 3.63) is 30.0 Å². The summed E-state index contributed by atoms with van der Waals surface area (Å²) in [7, 11) is 1.65. The number of fused-ring (bicyclic) bond motifs is 3. The zero-order valence-electron chi connectivity index (χ0n) is 18.7. The van der Waals surface area contributed by atoms with Gasteiger partial charge in [-0.15, -0.1) is 0 Å². The first-order chi connectivity index (χ1) is 15.0. The molecule has 0 bridgehead atoms. The van der Waals surface area contributed by atoms with E-state index in [1.165, 1.54) is 19.3 Å². The third-order valence-electron chi connectivity index (χ3n) is 7.67. The molecule has 6 heteroatoms. The summed E-state index contributed by atoms with van der Waals surface area (Å²) in [6, 6.07) is 8.21. The molecule has 6 nitrogen and oxygen atoms in total. The molecule has 1 N–H and O–H groups in total. The first kappa shape index (κ1) is 20.4. The van der Waals surface area contributed by atoms with Crippen LogP contribution in [-0.4, -0.2) is 46.0 Å². The maximum atomic E-state index is 13.8. The van der Waals surface area contributed by atoms with Gasteiger partial charge in [0.15, 0.2) is 0 Å². The lowest BCUT2D eigenvalue weighted by Crippen LogP contribution is -2.67. The number of aromatic nitrogens is 1. The number of benzene rings is 1. The standard InChI is InChI=1S/C25H33N3O3/c1-25(24(30)26-18-8-4-3-5-9-18)16-27-21-15-20(31-2)13-12-17(21)14-22(27)23(29)28(25)19-10-6-7-11-19/h12-15,18-19H,3-11,16H2,1-2H3,(H,26,30)/t25-/m1/s1. The van der Waals surface area contributed by atoms with Crippen molar-refractivity contribution in [1.29, 1.82) is 0 Å². The van der Waals surface area contributed by atoms with E-state index in [2.05, 4.69) is 5.32 Å². The Morgan fingerprint density at radius 2 is 1.77 bits per heavy atom. The van der Waals surface area contributed by atoms with Crippen LogP contribution in [0.2, 0.25) is 0 Å². The predicted octanol–water partition coefficient (Wildman–Crippen LogP) is 4.26. The molecular formula is C25H33N3O3. The van der Waals surface area contributed by atoms with E-state index in [-0.39, 0.29) is 23.9 Å². The Labute approximate surface area is 183 Å². The Morgan fingerprint density at radius 3 is 2.48 bits per heavy atom. The van der Waals surface area contributed by atoms with Gasteiger partial charge in [-0.05, 0) is 50.8 Å². The molecule has 5 rings (SSSR count). The SMILES string of the molecule is COc1ccc2cc3n(c2c1)C[C@](C)(C(=O)NC1CCCCC1)N(C1CCCC1)C3=O. The normalized spacial score (nSPS) is 25.1. The minimum Gasteiger partial charge on any atom is -0.497 e. The third kappa shape index (κ3) is 3.40. The maximum absolute atomic E-state index is 13.8. The number of methoxy groups -OCH3 is 1. The number of hydrogen-bond acceptors (Lipinski definition) is 3. The maximum Gasteiger partial charge on any atom is 0.271 e. The van der Waals surface area contributed by atoms with Crippen molar-refractivity contribution < 1.29 is 14.3 Å². The largest absolute Gasteiger partial charge is 0.497 e. The summed E-state index contributed by atoms with van der Waals surface area (Å²) in [5.41, 5.74) is 0.731. The highest BCUT2D eigenvalue weighted by Gasteiger charge is 2.51. The summed E-state index contributed by atoms with van der Waals surface area (Å²) in [6.07, 6.45) is 9.85. The lowest BCUT2D eigenvalue weighted by atomic mass is 9.90. The molecule has 2 aliphatic carbocycles. The second-order valence-electron chi connectivity index (χ2n) is 9.74. The molecule has 1 aromatic heterocycles. The van der Waals surface area contributed by atoms with Gasteiger partial charge in [0.25, 0.3) is 5.91 Å². The van der Waals surface area contributed by atoms with E-state index in [9.17, 15) is 9.59 Å². The lowest BCUT2D eigenvalue weighted by Gasteiger charge is -2.47. The number of nitrogens with one attached hydrogen (secondary N) is 1. The lowest BCUT2D eigenvalue weighted by molar-refractivity contribution is -0.135. The van der Waals surface area contributed by atoms with Gasteiger partial charge in [-0.25, -0.2) is 0 Å². The van der Waals surface area contributed by atoms with Gasteiger partial charge >= 0.3 is 0 Å². The van der Waals surface area contributed by atoms with E-state index < -0.39 is 5.54 Å². The van der Waals surface area contributed by atoms with E-state index in [0.717, 1.165) is 55.2 Å². The summed E-state index contributed by atoms with van der Waals surface area (Å²) < 4.78 is 7.46. The van der Waals surface area contributed by atoms with Crippen LogP contribution in [0.5, 0.6) is 5.75 Å². The number of carbonyl (C=O) groups is 2. The molecule has 0 spiro atoms. The van der Waals surface area contributed by atoms with E-state index in [0.29, 0.717) is 12.2 Å². The number of ether oxygens (including phenoxy) is 1. The molecule has 2 saturated carbocycles. The van der Waals surface area contributed by atoms with Crippen molar-refractivity contribution in [3.8, 4) is 5.75 Å². The van der Waals surface area contributed by atoms with Gasteiger partial charge in [-0.2, -0.15) is 0 Å². The highest BCUT2D eigenvalue weighted by atomic mass is 16.5. The van der Waals surface area contributed by atoms with Gasteiger partial charge in [0.2, 0.25) is 5.91 Å². The average Bonchev–Trinajstić information content (AvgIpc) is 3.42. The Morgan fingerprint density at radius 1 is 1.06 bits per heavy atom. The van der Waals surface area contributed by atoms with Gasteiger partial charge in [0, 0.05) is 23.5 Å². The van der Waals surface area contributed by atoms with Crippen LogP contribution >= 0.6 is 0 Å². The number of nitrogens with zero attached hydrogens (tertiary/aromatic N) is 2. The van der Waals surface area contributed by atoms with Crippen molar-refractivity contribution in [2.45, 2.75) is 88.9 Å². The molecule has 0 unspecified atom stereocenters. The molecule has 166 valence electrons. The smallest absolute Gasteiger partial charge is 0.271 e. The fourth-order valence-electron chi connectivity index (χ4n) is 5.94. The Hall–Kier alpha value is -2.50. The van der Waals surface area contributed by atoms with E-state index in [4.69, 9.17) is 4.74 Å². The molecule has 1 aromatic carbocycles.